The average Bonchev–Trinajstić information content (AvgIpc) is 2.60. The number of carbonyl (C=O) groups excluding carboxylic acids is 2. The Balaban J connectivity index is 1.62. The number of nitrogens with zero attached hydrogens (tertiary/aromatic N) is 3. The highest BCUT2D eigenvalue weighted by Crippen LogP contribution is 2.21. The second-order valence-corrected chi connectivity index (χ2v) is 7.04. The molecule has 136 valence electrons. The normalized spacial score (nSPS) is 25.0. The molecule has 0 aliphatic carbocycles. The first kappa shape index (κ1) is 17.7. The SMILES string of the molecule is C[C@@H]1CN(c2ccc(C(=O)N3CCC(C(N)=O)CC3)cn2)C[C@H](C)O1. The summed E-state index contributed by atoms with van der Waals surface area (Å²) in [7, 11) is 0. The van der Waals surface area contributed by atoms with E-state index < -0.39 is 0 Å². The topological polar surface area (TPSA) is 88.8 Å². The molecule has 0 bridgehead atoms. The van der Waals surface area contributed by atoms with Crippen LogP contribution in [0, 0.1) is 5.92 Å². The maximum Gasteiger partial charge on any atom is 0.255 e. The fraction of sp³-hybridized carbons (Fsp3) is 0.611. The second kappa shape index (κ2) is 7.39. The van der Waals surface area contributed by atoms with Gasteiger partial charge in [-0.25, -0.2) is 4.98 Å². The number of primary amides is 1. The van der Waals surface area contributed by atoms with E-state index in [2.05, 4.69) is 23.7 Å². The van der Waals surface area contributed by atoms with Crippen LogP contribution >= 0.6 is 0 Å². The zero-order valence-electron chi connectivity index (χ0n) is 14.9. The lowest BCUT2D eigenvalue weighted by atomic mass is 9.96. The summed E-state index contributed by atoms with van der Waals surface area (Å²) in [5.74, 6) is 0.443. The minimum Gasteiger partial charge on any atom is -0.372 e. The van der Waals surface area contributed by atoms with Crippen LogP contribution in [-0.2, 0) is 9.53 Å². The fourth-order valence-electron chi connectivity index (χ4n) is 3.61. The van der Waals surface area contributed by atoms with Crippen LogP contribution in [0.1, 0.15) is 37.0 Å². The number of anilines is 1. The smallest absolute Gasteiger partial charge is 0.255 e. The maximum atomic E-state index is 12.6. The number of hydrogen-bond donors (Lipinski definition) is 1. The van der Waals surface area contributed by atoms with E-state index >= 15 is 0 Å². The Morgan fingerprint density at radius 1 is 1.16 bits per heavy atom. The Hall–Kier alpha value is -2.15. The van der Waals surface area contributed by atoms with Gasteiger partial charge in [0.15, 0.2) is 0 Å². The van der Waals surface area contributed by atoms with Crippen molar-refractivity contribution in [2.45, 2.75) is 38.9 Å². The van der Waals surface area contributed by atoms with Crippen LogP contribution in [0.15, 0.2) is 18.3 Å². The molecule has 3 rings (SSSR count). The molecule has 2 amide bonds. The summed E-state index contributed by atoms with van der Waals surface area (Å²) in [5.41, 5.74) is 5.92. The Labute approximate surface area is 148 Å². The van der Waals surface area contributed by atoms with Crippen LogP contribution in [0.5, 0.6) is 0 Å². The van der Waals surface area contributed by atoms with E-state index in [-0.39, 0.29) is 29.9 Å². The number of ether oxygens (including phenoxy) is 1. The number of morpholine rings is 1. The highest BCUT2D eigenvalue weighted by molar-refractivity contribution is 5.94. The average molecular weight is 346 g/mol. The van der Waals surface area contributed by atoms with Crippen molar-refractivity contribution in [1.82, 2.24) is 9.88 Å². The molecule has 2 N–H and O–H groups in total. The molecule has 2 saturated heterocycles. The largest absolute Gasteiger partial charge is 0.372 e. The third-order valence-corrected chi connectivity index (χ3v) is 4.92. The van der Waals surface area contributed by atoms with Gasteiger partial charge < -0.3 is 20.3 Å². The lowest BCUT2D eigenvalue weighted by molar-refractivity contribution is -0.123. The van der Waals surface area contributed by atoms with Gasteiger partial charge in [-0.2, -0.15) is 0 Å². The zero-order valence-corrected chi connectivity index (χ0v) is 14.9. The van der Waals surface area contributed by atoms with Crippen LogP contribution < -0.4 is 10.6 Å². The van der Waals surface area contributed by atoms with E-state index in [4.69, 9.17) is 10.5 Å². The molecule has 0 radical (unpaired) electrons. The van der Waals surface area contributed by atoms with Gasteiger partial charge in [0.25, 0.3) is 5.91 Å². The standard InChI is InChI=1S/C18H26N4O3/c1-12-10-22(11-13(2)25-12)16-4-3-15(9-20-16)18(24)21-7-5-14(6-8-21)17(19)23/h3-4,9,12-14H,5-8,10-11H2,1-2H3,(H2,19,23)/t12-,13+. The molecule has 2 fully saturated rings. The molecule has 0 saturated carbocycles. The second-order valence-electron chi connectivity index (χ2n) is 7.04. The number of hydrogen-bond acceptors (Lipinski definition) is 5. The van der Waals surface area contributed by atoms with Crippen LogP contribution in [-0.4, -0.2) is 60.1 Å². The lowest BCUT2D eigenvalue weighted by Gasteiger charge is -2.36. The molecular formula is C18H26N4O3. The van der Waals surface area contributed by atoms with Crippen molar-refractivity contribution in [3.8, 4) is 0 Å². The van der Waals surface area contributed by atoms with Crippen molar-refractivity contribution in [3.05, 3.63) is 23.9 Å². The minimum atomic E-state index is -0.271. The van der Waals surface area contributed by atoms with Gasteiger partial charge in [-0.15, -0.1) is 0 Å². The van der Waals surface area contributed by atoms with Gasteiger partial charge in [0, 0.05) is 38.3 Å². The van der Waals surface area contributed by atoms with E-state index in [0.717, 1.165) is 18.9 Å². The molecule has 2 aliphatic heterocycles. The predicted molar refractivity (Wildman–Crippen MR) is 94.3 cm³/mol. The molecule has 7 heteroatoms. The van der Waals surface area contributed by atoms with Crippen LogP contribution in [0.3, 0.4) is 0 Å². The molecular weight excluding hydrogens is 320 g/mol. The van der Waals surface area contributed by atoms with E-state index in [1.54, 1.807) is 11.1 Å². The molecule has 0 aromatic carbocycles. The van der Waals surface area contributed by atoms with Gasteiger partial charge in [-0.05, 0) is 38.8 Å². The van der Waals surface area contributed by atoms with Crippen LogP contribution in [0.25, 0.3) is 0 Å². The van der Waals surface area contributed by atoms with Crippen molar-refractivity contribution < 1.29 is 14.3 Å². The van der Waals surface area contributed by atoms with Gasteiger partial charge in [-0.1, -0.05) is 0 Å². The van der Waals surface area contributed by atoms with Gasteiger partial charge in [0.05, 0.1) is 17.8 Å². The molecule has 3 heterocycles. The van der Waals surface area contributed by atoms with Crippen molar-refractivity contribution in [2.24, 2.45) is 11.7 Å². The molecule has 2 atom stereocenters. The van der Waals surface area contributed by atoms with Crippen LogP contribution in [0.2, 0.25) is 0 Å². The Morgan fingerprint density at radius 3 is 2.32 bits per heavy atom. The molecule has 7 nitrogen and oxygen atoms in total. The number of carbonyl (C=O) groups is 2. The van der Waals surface area contributed by atoms with E-state index in [9.17, 15) is 9.59 Å². The fourth-order valence-corrected chi connectivity index (χ4v) is 3.61. The monoisotopic (exact) mass is 346 g/mol. The lowest BCUT2D eigenvalue weighted by Crippen LogP contribution is -2.45. The number of aromatic nitrogens is 1. The molecule has 2 aliphatic rings. The first-order chi connectivity index (χ1) is 11.9. The number of amides is 2. The van der Waals surface area contributed by atoms with E-state index in [1.165, 1.54) is 0 Å². The summed E-state index contributed by atoms with van der Waals surface area (Å²) in [5, 5.41) is 0. The predicted octanol–water partition coefficient (Wildman–Crippen LogP) is 1.03. The highest BCUT2D eigenvalue weighted by Gasteiger charge is 2.27. The van der Waals surface area contributed by atoms with Crippen molar-refractivity contribution >= 4 is 17.6 Å². The Morgan fingerprint density at radius 2 is 1.80 bits per heavy atom. The highest BCUT2D eigenvalue weighted by atomic mass is 16.5. The number of likely N-dealkylation sites (tertiary alicyclic amines) is 1. The van der Waals surface area contributed by atoms with Crippen LogP contribution in [0.4, 0.5) is 5.82 Å². The number of nitrogens with two attached hydrogens (primary N) is 1. The Kier molecular flexibility index (Phi) is 5.22. The van der Waals surface area contributed by atoms with Gasteiger partial charge in [0.2, 0.25) is 5.91 Å². The summed E-state index contributed by atoms with van der Waals surface area (Å²) < 4.78 is 5.74. The third kappa shape index (κ3) is 4.10. The summed E-state index contributed by atoms with van der Waals surface area (Å²) in [6.45, 7) is 6.82. The van der Waals surface area contributed by atoms with Gasteiger partial charge in [0.1, 0.15) is 5.82 Å². The number of piperidine rings is 1. The molecule has 1 aromatic heterocycles. The quantitative estimate of drug-likeness (QED) is 0.883. The Bertz CT molecular complexity index is 616. The first-order valence-corrected chi connectivity index (χ1v) is 8.89. The third-order valence-electron chi connectivity index (χ3n) is 4.92. The molecule has 0 spiro atoms. The minimum absolute atomic E-state index is 0.0364. The van der Waals surface area contributed by atoms with Crippen molar-refractivity contribution in [3.63, 3.8) is 0 Å². The van der Waals surface area contributed by atoms with Gasteiger partial charge >= 0.3 is 0 Å². The van der Waals surface area contributed by atoms with Crippen molar-refractivity contribution in [1.29, 1.82) is 0 Å². The molecule has 25 heavy (non-hydrogen) atoms. The number of pyridine rings is 1. The molecule has 0 unspecified atom stereocenters. The van der Waals surface area contributed by atoms with E-state index in [1.807, 2.05) is 12.1 Å². The van der Waals surface area contributed by atoms with E-state index in [0.29, 0.717) is 31.5 Å². The molecule has 1 aromatic rings. The summed E-state index contributed by atoms with van der Waals surface area (Å²) in [6.07, 6.45) is 3.24. The summed E-state index contributed by atoms with van der Waals surface area (Å²) in [6, 6.07) is 3.73. The first-order valence-electron chi connectivity index (χ1n) is 8.89. The summed E-state index contributed by atoms with van der Waals surface area (Å²) >= 11 is 0. The van der Waals surface area contributed by atoms with Gasteiger partial charge in [-0.3, -0.25) is 9.59 Å². The zero-order chi connectivity index (χ0) is 18.0. The number of rotatable bonds is 3. The summed E-state index contributed by atoms with van der Waals surface area (Å²) in [4.78, 5) is 32.3. The maximum absolute atomic E-state index is 12.6. The van der Waals surface area contributed by atoms with Crippen molar-refractivity contribution in [2.75, 3.05) is 31.1 Å².